The number of hydrogen-bond donors (Lipinski definition) is 0. The summed E-state index contributed by atoms with van der Waals surface area (Å²) in [5.74, 6) is -0.391. The summed E-state index contributed by atoms with van der Waals surface area (Å²) < 4.78 is 38.7. The maximum atomic E-state index is 12.9. The van der Waals surface area contributed by atoms with Gasteiger partial charge in [-0.05, 0) is 49.7 Å². The molecule has 0 saturated carbocycles. The van der Waals surface area contributed by atoms with Gasteiger partial charge in [0.15, 0.2) is 0 Å². The highest BCUT2D eigenvalue weighted by molar-refractivity contribution is 7.80. The topological polar surface area (TPSA) is 36.4 Å². The number of alkyl halides is 3. The van der Waals surface area contributed by atoms with Crippen LogP contribution >= 0.6 is 12.2 Å². The molecule has 2 aromatic rings. The average Bonchev–Trinajstić information content (AvgIpc) is 2.66. The first-order valence-corrected chi connectivity index (χ1v) is 9.73. The lowest BCUT2D eigenvalue weighted by molar-refractivity contribution is -0.137. The van der Waals surface area contributed by atoms with Crippen LogP contribution in [0.1, 0.15) is 32.9 Å². The normalized spacial score (nSPS) is 14.8. The molecule has 1 fully saturated rings. The lowest BCUT2D eigenvalue weighted by atomic mass is 10.1. The highest BCUT2D eigenvalue weighted by Gasteiger charge is 2.31. The van der Waals surface area contributed by atoms with Crippen LogP contribution < -0.4 is 0 Å². The first-order chi connectivity index (χ1) is 13.6. The van der Waals surface area contributed by atoms with Gasteiger partial charge < -0.3 is 9.80 Å². The molecule has 1 aliphatic rings. The Morgan fingerprint density at radius 2 is 1.72 bits per heavy atom. The van der Waals surface area contributed by atoms with Crippen LogP contribution in [-0.4, -0.2) is 51.9 Å². The zero-order chi connectivity index (χ0) is 21.2. The SMILES string of the molecule is Cc1cc(C)nc(CC(=S)N2CCN(C(=O)c3cccc(C(F)(F)F)c3)CC2)c1. The first kappa shape index (κ1) is 21.2. The van der Waals surface area contributed by atoms with E-state index >= 15 is 0 Å². The highest BCUT2D eigenvalue weighted by Crippen LogP contribution is 2.29. The number of aromatic nitrogens is 1. The molecule has 1 saturated heterocycles. The van der Waals surface area contributed by atoms with Crippen molar-refractivity contribution in [2.45, 2.75) is 26.4 Å². The van der Waals surface area contributed by atoms with Crippen molar-refractivity contribution in [3.8, 4) is 0 Å². The largest absolute Gasteiger partial charge is 0.416 e. The number of aryl methyl sites for hydroxylation is 2. The van der Waals surface area contributed by atoms with Gasteiger partial charge in [0, 0.05) is 49.6 Å². The fourth-order valence-corrected chi connectivity index (χ4v) is 3.78. The maximum Gasteiger partial charge on any atom is 0.416 e. The van der Waals surface area contributed by atoms with E-state index in [1.165, 1.54) is 12.1 Å². The highest BCUT2D eigenvalue weighted by atomic mass is 32.1. The number of pyridine rings is 1. The Kier molecular flexibility index (Phi) is 6.21. The third-order valence-electron chi connectivity index (χ3n) is 4.84. The van der Waals surface area contributed by atoms with E-state index in [0.717, 1.165) is 34.1 Å². The van der Waals surface area contributed by atoms with Gasteiger partial charge in [0.1, 0.15) is 0 Å². The molecule has 4 nitrogen and oxygen atoms in total. The number of halogens is 3. The summed E-state index contributed by atoms with van der Waals surface area (Å²) in [7, 11) is 0. The Bertz CT molecular complexity index is 901. The van der Waals surface area contributed by atoms with Gasteiger partial charge >= 0.3 is 6.18 Å². The quantitative estimate of drug-likeness (QED) is 0.701. The fraction of sp³-hybridized carbons (Fsp3) is 0.381. The van der Waals surface area contributed by atoms with Crippen LogP contribution in [0, 0.1) is 13.8 Å². The predicted molar refractivity (Wildman–Crippen MR) is 109 cm³/mol. The molecular weight excluding hydrogens is 399 g/mol. The number of hydrogen-bond acceptors (Lipinski definition) is 3. The molecule has 1 aliphatic heterocycles. The summed E-state index contributed by atoms with van der Waals surface area (Å²) in [4.78, 5) is 21.5. The number of nitrogens with zero attached hydrogens (tertiary/aromatic N) is 3. The number of carbonyl (C=O) groups excluding carboxylic acids is 1. The second-order valence-electron chi connectivity index (χ2n) is 7.21. The number of piperazine rings is 1. The van der Waals surface area contributed by atoms with Crippen LogP contribution in [0.5, 0.6) is 0 Å². The van der Waals surface area contributed by atoms with Gasteiger partial charge in [-0.25, -0.2) is 0 Å². The fourth-order valence-electron chi connectivity index (χ4n) is 3.45. The molecule has 8 heteroatoms. The minimum atomic E-state index is -4.47. The molecule has 0 spiro atoms. The lowest BCUT2D eigenvalue weighted by Crippen LogP contribution is -2.50. The molecule has 1 aromatic heterocycles. The van der Waals surface area contributed by atoms with Crippen LogP contribution in [-0.2, 0) is 12.6 Å². The summed E-state index contributed by atoms with van der Waals surface area (Å²) in [6, 6.07) is 8.56. The summed E-state index contributed by atoms with van der Waals surface area (Å²) >= 11 is 5.56. The third kappa shape index (κ3) is 5.32. The molecule has 0 N–H and O–H groups in total. The van der Waals surface area contributed by atoms with Crippen molar-refractivity contribution in [1.82, 2.24) is 14.8 Å². The van der Waals surface area contributed by atoms with Crippen LogP contribution in [0.4, 0.5) is 13.2 Å². The Morgan fingerprint density at radius 1 is 1.07 bits per heavy atom. The van der Waals surface area contributed by atoms with E-state index in [-0.39, 0.29) is 5.56 Å². The number of thiocarbonyl (C=S) groups is 1. The molecule has 0 unspecified atom stereocenters. The van der Waals surface area contributed by atoms with Gasteiger partial charge in [0.05, 0.1) is 10.6 Å². The van der Waals surface area contributed by atoms with Crippen LogP contribution in [0.15, 0.2) is 36.4 Å². The van der Waals surface area contributed by atoms with E-state index < -0.39 is 17.6 Å². The van der Waals surface area contributed by atoms with Crippen molar-refractivity contribution < 1.29 is 18.0 Å². The number of amides is 1. The standard InChI is InChI=1S/C21H22F3N3OS/c1-14-10-15(2)25-18(11-14)13-19(29)26-6-8-27(9-7-26)20(28)16-4-3-5-17(12-16)21(22,23)24/h3-5,10-12H,6-9,13H2,1-2H3. The monoisotopic (exact) mass is 421 g/mol. The summed E-state index contributed by atoms with van der Waals surface area (Å²) in [5, 5.41) is 0. The van der Waals surface area contributed by atoms with Crippen LogP contribution in [0.3, 0.4) is 0 Å². The van der Waals surface area contributed by atoms with Gasteiger partial charge in [0.25, 0.3) is 5.91 Å². The number of rotatable bonds is 3. The molecule has 3 rings (SSSR count). The van der Waals surface area contributed by atoms with E-state index in [2.05, 4.69) is 4.98 Å². The first-order valence-electron chi connectivity index (χ1n) is 9.32. The molecule has 0 radical (unpaired) electrons. The van der Waals surface area contributed by atoms with Gasteiger partial charge in [-0.15, -0.1) is 0 Å². The summed E-state index contributed by atoms with van der Waals surface area (Å²) in [6.45, 7) is 5.88. The molecule has 1 aromatic carbocycles. The third-order valence-corrected chi connectivity index (χ3v) is 5.24. The summed E-state index contributed by atoms with van der Waals surface area (Å²) in [5.41, 5.74) is 2.22. The Labute approximate surface area is 173 Å². The lowest BCUT2D eigenvalue weighted by Gasteiger charge is -2.36. The molecule has 0 aliphatic carbocycles. The van der Waals surface area contributed by atoms with Crippen LogP contribution in [0.2, 0.25) is 0 Å². The van der Waals surface area contributed by atoms with Gasteiger partial charge in [-0.2, -0.15) is 13.2 Å². The Morgan fingerprint density at radius 3 is 2.34 bits per heavy atom. The average molecular weight is 421 g/mol. The molecule has 0 bridgehead atoms. The van der Waals surface area contributed by atoms with E-state index in [0.29, 0.717) is 32.6 Å². The van der Waals surface area contributed by atoms with E-state index in [4.69, 9.17) is 12.2 Å². The van der Waals surface area contributed by atoms with Crippen molar-refractivity contribution in [3.05, 3.63) is 64.5 Å². The van der Waals surface area contributed by atoms with Gasteiger partial charge in [0.2, 0.25) is 0 Å². The molecule has 1 amide bonds. The maximum absolute atomic E-state index is 12.9. The van der Waals surface area contributed by atoms with E-state index in [9.17, 15) is 18.0 Å². The second kappa shape index (κ2) is 8.49. The molecule has 29 heavy (non-hydrogen) atoms. The zero-order valence-electron chi connectivity index (χ0n) is 16.3. The van der Waals surface area contributed by atoms with Crippen molar-refractivity contribution in [2.24, 2.45) is 0 Å². The molecule has 0 atom stereocenters. The van der Waals surface area contributed by atoms with Crippen LogP contribution in [0.25, 0.3) is 0 Å². The molecule has 2 heterocycles. The zero-order valence-corrected chi connectivity index (χ0v) is 17.1. The van der Waals surface area contributed by atoms with Crippen molar-refractivity contribution in [3.63, 3.8) is 0 Å². The minimum Gasteiger partial charge on any atom is -0.362 e. The smallest absolute Gasteiger partial charge is 0.362 e. The van der Waals surface area contributed by atoms with Gasteiger partial charge in [-0.1, -0.05) is 18.3 Å². The number of benzene rings is 1. The number of carbonyl (C=O) groups is 1. The van der Waals surface area contributed by atoms with Crippen molar-refractivity contribution in [2.75, 3.05) is 26.2 Å². The van der Waals surface area contributed by atoms with Gasteiger partial charge in [-0.3, -0.25) is 9.78 Å². The molecular formula is C21H22F3N3OS. The summed E-state index contributed by atoms with van der Waals surface area (Å²) in [6.07, 6.45) is -3.91. The van der Waals surface area contributed by atoms with E-state index in [1.54, 1.807) is 4.90 Å². The van der Waals surface area contributed by atoms with E-state index in [1.807, 2.05) is 30.9 Å². The second-order valence-corrected chi connectivity index (χ2v) is 7.68. The molecule has 154 valence electrons. The van der Waals surface area contributed by atoms with Crippen molar-refractivity contribution in [1.29, 1.82) is 0 Å². The Balaban J connectivity index is 1.60. The minimum absolute atomic E-state index is 0.0512. The predicted octanol–water partition coefficient (Wildman–Crippen LogP) is 4.05. The Hall–Kier alpha value is -2.48. The van der Waals surface area contributed by atoms with Crippen molar-refractivity contribution >= 4 is 23.1 Å².